The number of primary amides is 1. The molecule has 0 unspecified atom stereocenters. The number of nitrogens with zero attached hydrogens (tertiary/aromatic N) is 2. The summed E-state index contributed by atoms with van der Waals surface area (Å²) < 4.78 is 1.01. The molecule has 2 heterocycles. The number of H-pyrrole nitrogens is 1. The quantitative estimate of drug-likeness (QED) is 0.782. The standard InChI is InChI=1S/C16H18N4O4/c17-14(22)10-4-3-7-19(8-10)13(21)9-20-16(24)12-6-2-1-5-11(12)15(23)18-20/h1-2,5-6,10H,3-4,7-9H2,(H2,17,22)(H,18,23)/t10-/m1/s1. The lowest BCUT2D eigenvalue weighted by molar-refractivity contribution is -0.135. The molecule has 1 atom stereocenters. The van der Waals surface area contributed by atoms with E-state index in [0.29, 0.717) is 19.4 Å². The second-order valence-corrected chi connectivity index (χ2v) is 5.96. The topological polar surface area (TPSA) is 118 Å². The molecule has 1 fully saturated rings. The second-order valence-electron chi connectivity index (χ2n) is 5.96. The molecule has 126 valence electrons. The molecule has 1 aromatic carbocycles. The largest absolute Gasteiger partial charge is 0.369 e. The fourth-order valence-corrected chi connectivity index (χ4v) is 3.03. The zero-order chi connectivity index (χ0) is 17.3. The van der Waals surface area contributed by atoms with Gasteiger partial charge in [-0.15, -0.1) is 0 Å². The zero-order valence-electron chi connectivity index (χ0n) is 13.0. The summed E-state index contributed by atoms with van der Waals surface area (Å²) in [6.45, 7) is 0.486. The van der Waals surface area contributed by atoms with Crippen molar-refractivity contribution in [1.82, 2.24) is 14.7 Å². The van der Waals surface area contributed by atoms with E-state index in [1.54, 1.807) is 24.3 Å². The van der Waals surface area contributed by atoms with E-state index in [1.165, 1.54) is 4.90 Å². The number of aromatic amines is 1. The first kappa shape index (κ1) is 16.0. The van der Waals surface area contributed by atoms with Gasteiger partial charge >= 0.3 is 0 Å². The first-order valence-corrected chi connectivity index (χ1v) is 7.76. The molecule has 1 aliphatic rings. The summed E-state index contributed by atoms with van der Waals surface area (Å²) in [5, 5.41) is 2.99. The smallest absolute Gasteiger partial charge is 0.273 e. The van der Waals surface area contributed by atoms with Crippen LogP contribution in [0.25, 0.3) is 10.8 Å². The molecule has 8 heteroatoms. The van der Waals surface area contributed by atoms with Gasteiger partial charge in [0.15, 0.2) is 0 Å². The Morgan fingerprint density at radius 1 is 1.21 bits per heavy atom. The van der Waals surface area contributed by atoms with Crippen LogP contribution in [0.15, 0.2) is 33.9 Å². The molecule has 2 aromatic rings. The predicted molar refractivity (Wildman–Crippen MR) is 87.3 cm³/mol. The van der Waals surface area contributed by atoms with Gasteiger partial charge in [-0.3, -0.25) is 24.3 Å². The lowest BCUT2D eigenvalue weighted by Crippen LogP contribution is -2.46. The van der Waals surface area contributed by atoms with Crippen molar-refractivity contribution in [3.63, 3.8) is 0 Å². The molecule has 3 N–H and O–H groups in total. The molecule has 1 aliphatic heterocycles. The van der Waals surface area contributed by atoms with Crippen LogP contribution in [0.4, 0.5) is 0 Å². The molecule has 24 heavy (non-hydrogen) atoms. The van der Waals surface area contributed by atoms with Crippen LogP contribution in [0.1, 0.15) is 12.8 Å². The highest BCUT2D eigenvalue weighted by atomic mass is 16.2. The van der Waals surface area contributed by atoms with E-state index in [1.807, 2.05) is 0 Å². The lowest BCUT2D eigenvalue weighted by atomic mass is 9.97. The number of fused-ring (bicyclic) bond motifs is 1. The number of carbonyl (C=O) groups excluding carboxylic acids is 2. The van der Waals surface area contributed by atoms with E-state index in [2.05, 4.69) is 5.10 Å². The van der Waals surface area contributed by atoms with Crippen LogP contribution < -0.4 is 16.9 Å². The minimum atomic E-state index is -0.429. The molecule has 0 bridgehead atoms. The van der Waals surface area contributed by atoms with Crippen molar-refractivity contribution in [1.29, 1.82) is 0 Å². The maximum atomic E-state index is 12.4. The van der Waals surface area contributed by atoms with Crippen molar-refractivity contribution >= 4 is 22.6 Å². The third-order valence-electron chi connectivity index (χ3n) is 4.35. The van der Waals surface area contributed by atoms with Crippen LogP contribution in [0.2, 0.25) is 0 Å². The number of carbonyl (C=O) groups is 2. The first-order valence-electron chi connectivity index (χ1n) is 7.76. The Balaban J connectivity index is 1.86. The van der Waals surface area contributed by atoms with Crippen LogP contribution in [-0.2, 0) is 16.1 Å². The summed E-state index contributed by atoms with van der Waals surface area (Å²) in [5.74, 6) is -1.12. The molecule has 3 rings (SSSR count). The first-order chi connectivity index (χ1) is 11.5. The van der Waals surface area contributed by atoms with Gasteiger partial charge in [0.25, 0.3) is 11.1 Å². The number of likely N-dealkylation sites (tertiary alicyclic amines) is 1. The van der Waals surface area contributed by atoms with E-state index >= 15 is 0 Å². The normalized spacial score (nSPS) is 17.8. The number of aromatic nitrogens is 2. The van der Waals surface area contributed by atoms with Gasteiger partial charge in [0, 0.05) is 13.1 Å². The average Bonchev–Trinajstić information content (AvgIpc) is 2.59. The fourth-order valence-electron chi connectivity index (χ4n) is 3.03. The number of amides is 2. The SMILES string of the molecule is NC(=O)[C@@H]1CCCN(C(=O)Cn2[nH]c(=O)c3ccccc3c2=O)C1. The lowest BCUT2D eigenvalue weighted by Gasteiger charge is -2.31. The summed E-state index contributed by atoms with van der Waals surface area (Å²) >= 11 is 0. The third kappa shape index (κ3) is 2.94. The van der Waals surface area contributed by atoms with E-state index < -0.39 is 17.0 Å². The fraction of sp³-hybridized carbons (Fsp3) is 0.375. The number of nitrogens with two attached hydrogens (primary N) is 1. The van der Waals surface area contributed by atoms with Gasteiger partial charge in [-0.25, -0.2) is 4.68 Å². The summed E-state index contributed by atoms with van der Waals surface area (Å²) in [6, 6.07) is 6.45. The van der Waals surface area contributed by atoms with Crippen molar-refractivity contribution in [2.45, 2.75) is 19.4 Å². The maximum absolute atomic E-state index is 12.4. The average molecular weight is 330 g/mol. The Labute approximate surface area is 136 Å². The van der Waals surface area contributed by atoms with Crippen LogP contribution in [-0.4, -0.2) is 39.6 Å². The van der Waals surface area contributed by atoms with Crippen LogP contribution >= 0.6 is 0 Å². The monoisotopic (exact) mass is 330 g/mol. The molecular formula is C16H18N4O4. The minimum absolute atomic E-state index is 0.251. The molecule has 1 saturated heterocycles. The number of hydrogen-bond acceptors (Lipinski definition) is 4. The van der Waals surface area contributed by atoms with Crippen molar-refractivity contribution in [2.24, 2.45) is 11.7 Å². The van der Waals surface area contributed by atoms with Gasteiger partial charge in [0.05, 0.1) is 16.7 Å². The number of piperidine rings is 1. The predicted octanol–water partition coefficient (Wildman–Crippen LogP) is -0.586. The van der Waals surface area contributed by atoms with E-state index in [-0.39, 0.29) is 35.7 Å². The minimum Gasteiger partial charge on any atom is -0.369 e. The van der Waals surface area contributed by atoms with Crippen molar-refractivity contribution in [3.05, 3.63) is 45.0 Å². The molecule has 0 spiro atoms. The second kappa shape index (κ2) is 6.31. The Bertz CT molecular complexity index is 914. The molecule has 1 aromatic heterocycles. The van der Waals surface area contributed by atoms with E-state index in [9.17, 15) is 19.2 Å². The zero-order valence-corrected chi connectivity index (χ0v) is 13.0. The van der Waals surface area contributed by atoms with E-state index in [0.717, 1.165) is 4.68 Å². The third-order valence-corrected chi connectivity index (χ3v) is 4.35. The number of rotatable bonds is 3. The highest BCUT2D eigenvalue weighted by Gasteiger charge is 2.27. The Hall–Kier alpha value is -2.90. The van der Waals surface area contributed by atoms with Gasteiger partial charge in [-0.1, -0.05) is 12.1 Å². The summed E-state index contributed by atoms with van der Waals surface area (Å²) in [5.41, 5.74) is 4.46. The molecule has 0 aliphatic carbocycles. The summed E-state index contributed by atoms with van der Waals surface area (Å²) in [7, 11) is 0. The van der Waals surface area contributed by atoms with Gasteiger partial charge in [0.2, 0.25) is 11.8 Å². The highest BCUT2D eigenvalue weighted by Crippen LogP contribution is 2.16. The van der Waals surface area contributed by atoms with Gasteiger partial charge < -0.3 is 10.6 Å². The van der Waals surface area contributed by atoms with Crippen LogP contribution in [0, 0.1) is 5.92 Å². The Kier molecular flexibility index (Phi) is 4.20. The molecule has 0 radical (unpaired) electrons. The van der Waals surface area contributed by atoms with E-state index in [4.69, 9.17) is 5.73 Å². The molecule has 2 amide bonds. The maximum Gasteiger partial charge on any atom is 0.273 e. The van der Waals surface area contributed by atoms with Gasteiger partial charge in [-0.05, 0) is 25.0 Å². The molecule has 0 saturated carbocycles. The summed E-state index contributed by atoms with van der Waals surface area (Å²) in [4.78, 5) is 49.7. The van der Waals surface area contributed by atoms with Crippen molar-refractivity contribution in [3.8, 4) is 0 Å². The van der Waals surface area contributed by atoms with Crippen LogP contribution in [0.3, 0.4) is 0 Å². The number of hydrogen-bond donors (Lipinski definition) is 2. The molecule has 8 nitrogen and oxygen atoms in total. The summed E-state index contributed by atoms with van der Waals surface area (Å²) in [6.07, 6.45) is 1.34. The van der Waals surface area contributed by atoms with Crippen molar-refractivity contribution in [2.75, 3.05) is 13.1 Å². The van der Waals surface area contributed by atoms with Gasteiger partial charge in [-0.2, -0.15) is 0 Å². The van der Waals surface area contributed by atoms with Crippen molar-refractivity contribution < 1.29 is 9.59 Å². The molecular weight excluding hydrogens is 312 g/mol. The number of nitrogens with one attached hydrogen (secondary N) is 1. The van der Waals surface area contributed by atoms with Gasteiger partial charge in [0.1, 0.15) is 6.54 Å². The Morgan fingerprint density at radius 2 is 1.92 bits per heavy atom. The Morgan fingerprint density at radius 3 is 2.62 bits per heavy atom. The van der Waals surface area contributed by atoms with Crippen LogP contribution in [0.5, 0.6) is 0 Å². The highest BCUT2D eigenvalue weighted by molar-refractivity contribution is 5.82. The number of benzene rings is 1.